The van der Waals surface area contributed by atoms with Crippen molar-refractivity contribution >= 4 is 5.97 Å². The first kappa shape index (κ1) is 13.7. The highest BCUT2D eigenvalue weighted by molar-refractivity contribution is 5.71. The molecule has 1 unspecified atom stereocenters. The van der Waals surface area contributed by atoms with Crippen LogP contribution in [0, 0.1) is 5.92 Å². The molecule has 0 aliphatic carbocycles. The van der Waals surface area contributed by atoms with Crippen molar-refractivity contribution in [3.63, 3.8) is 0 Å². The SMILES string of the molecule is COC(=O)C(C)C[NH+]1CCOCC1.[Cl-]. The van der Waals surface area contributed by atoms with Gasteiger partial charge in [-0.1, -0.05) is 0 Å². The molecule has 0 radical (unpaired) electrons. The van der Waals surface area contributed by atoms with E-state index in [4.69, 9.17) is 4.74 Å². The van der Waals surface area contributed by atoms with Crippen LogP contribution < -0.4 is 17.3 Å². The van der Waals surface area contributed by atoms with Crippen LogP contribution in [0.1, 0.15) is 6.92 Å². The van der Waals surface area contributed by atoms with E-state index in [2.05, 4.69) is 4.74 Å². The number of hydrogen-bond donors (Lipinski definition) is 1. The van der Waals surface area contributed by atoms with Crippen LogP contribution in [-0.2, 0) is 14.3 Å². The molecule has 4 nitrogen and oxygen atoms in total. The van der Waals surface area contributed by atoms with E-state index < -0.39 is 0 Å². The average molecular weight is 224 g/mol. The van der Waals surface area contributed by atoms with Gasteiger partial charge in [-0.05, 0) is 6.92 Å². The van der Waals surface area contributed by atoms with Crippen molar-refractivity contribution in [2.45, 2.75) is 6.92 Å². The summed E-state index contributed by atoms with van der Waals surface area (Å²) >= 11 is 0. The van der Waals surface area contributed by atoms with Gasteiger partial charge in [0.2, 0.25) is 0 Å². The second-order valence-electron chi connectivity index (χ2n) is 3.49. The molecule has 1 heterocycles. The Morgan fingerprint density at radius 3 is 2.57 bits per heavy atom. The topological polar surface area (TPSA) is 40.0 Å². The quantitative estimate of drug-likeness (QED) is 0.493. The standard InChI is InChI=1S/C9H17NO3.ClH/c1-8(9(11)12-2)7-10-3-5-13-6-4-10;/h8H,3-7H2,1-2H3;1H. The van der Waals surface area contributed by atoms with E-state index in [-0.39, 0.29) is 24.3 Å². The average Bonchev–Trinajstić information content (AvgIpc) is 2.18. The lowest BCUT2D eigenvalue weighted by Gasteiger charge is -2.25. The van der Waals surface area contributed by atoms with Crippen molar-refractivity contribution in [2.24, 2.45) is 5.92 Å². The van der Waals surface area contributed by atoms with Crippen LogP contribution in [-0.4, -0.2) is 45.9 Å². The van der Waals surface area contributed by atoms with Crippen molar-refractivity contribution in [1.82, 2.24) is 0 Å². The second kappa shape index (κ2) is 7.04. The van der Waals surface area contributed by atoms with Crippen LogP contribution in [0.5, 0.6) is 0 Å². The highest BCUT2D eigenvalue weighted by Gasteiger charge is 2.21. The maximum atomic E-state index is 11.1. The summed E-state index contributed by atoms with van der Waals surface area (Å²) in [6, 6.07) is 0. The van der Waals surface area contributed by atoms with Crippen LogP contribution in [0.2, 0.25) is 0 Å². The Labute approximate surface area is 91.0 Å². The van der Waals surface area contributed by atoms with Crippen LogP contribution in [0.3, 0.4) is 0 Å². The van der Waals surface area contributed by atoms with Crippen molar-refractivity contribution in [1.29, 1.82) is 0 Å². The number of ether oxygens (including phenoxy) is 2. The first-order valence-corrected chi connectivity index (χ1v) is 4.73. The third kappa shape index (κ3) is 4.26. The Morgan fingerprint density at radius 2 is 2.07 bits per heavy atom. The van der Waals surface area contributed by atoms with Crippen molar-refractivity contribution in [3.8, 4) is 0 Å². The molecule has 1 N–H and O–H groups in total. The molecule has 0 saturated carbocycles. The number of carbonyl (C=O) groups excluding carboxylic acids is 1. The maximum Gasteiger partial charge on any atom is 0.314 e. The molecule has 1 aliphatic rings. The van der Waals surface area contributed by atoms with Crippen molar-refractivity contribution < 1.29 is 31.6 Å². The molecule has 1 aliphatic heterocycles. The summed E-state index contributed by atoms with van der Waals surface area (Å²) in [4.78, 5) is 12.6. The minimum absolute atomic E-state index is 0. The Hall–Kier alpha value is -0.320. The molecule has 0 aromatic heterocycles. The maximum absolute atomic E-state index is 11.1. The van der Waals surface area contributed by atoms with Crippen molar-refractivity contribution in [3.05, 3.63) is 0 Å². The van der Waals surface area contributed by atoms with Gasteiger partial charge in [0.05, 0.1) is 26.9 Å². The number of nitrogens with one attached hydrogen (secondary N) is 1. The largest absolute Gasteiger partial charge is 1.00 e. The van der Waals surface area contributed by atoms with Gasteiger partial charge in [0, 0.05) is 0 Å². The number of esters is 1. The predicted octanol–water partition coefficient (Wildman–Crippen LogP) is -4.29. The smallest absolute Gasteiger partial charge is 0.314 e. The third-order valence-corrected chi connectivity index (χ3v) is 2.40. The number of morpholine rings is 1. The van der Waals surface area contributed by atoms with Gasteiger partial charge in [-0.3, -0.25) is 4.79 Å². The molecule has 5 heteroatoms. The lowest BCUT2D eigenvalue weighted by atomic mass is 10.1. The molecule has 0 aromatic rings. The molecular weight excluding hydrogens is 206 g/mol. The first-order valence-electron chi connectivity index (χ1n) is 4.73. The zero-order chi connectivity index (χ0) is 9.68. The Kier molecular flexibility index (Phi) is 6.87. The Balaban J connectivity index is 0.00000169. The lowest BCUT2D eigenvalue weighted by Crippen LogP contribution is -3.14. The van der Waals surface area contributed by atoms with Gasteiger partial charge in [0.25, 0.3) is 0 Å². The van der Waals surface area contributed by atoms with Crippen LogP contribution >= 0.6 is 0 Å². The van der Waals surface area contributed by atoms with Gasteiger partial charge < -0.3 is 26.8 Å². The van der Waals surface area contributed by atoms with Crippen LogP contribution in [0.15, 0.2) is 0 Å². The van der Waals surface area contributed by atoms with Gasteiger partial charge in [0.1, 0.15) is 19.0 Å². The predicted molar refractivity (Wildman–Crippen MR) is 47.6 cm³/mol. The summed E-state index contributed by atoms with van der Waals surface area (Å²) in [5.41, 5.74) is 0. The Morgan fingerprint density at radius 1 is 1.50 bits per heavy atom. The number of quaternary nitrogens is 1. The van der Waals surface area contributed by atoms with E-state index in [0.29, 0.717) is 0 Å². The molecule has 0 amide bonds. The van der Waals surface area contributed by atoms with E-state index in [1.807, 2.05) is 6.92 Å². The highest BCUT2D eigenvalue weighted by Crippen LogP contribution is 1.93. The highest BCUT2D eigenvalue weighted by atomic mass is 35.5. The summed E-state index contributed by atoms with van der Waals surface area (Å²) in [6.07, 6.45) is 0. The summed E-state index contributed by atoms with van der Waals surface area (Å²) in [6.45, 7) is 6.39. The van der Waals surface area contributed by atoms with Crippen molar-refractivity contribution in [2.75, 3.05) is 40.0 Å². The fourth-order valence-corrected chi connectivity index (χ4v) is 1.58. The number of halogens is 1. The molecule has 1 fully saturated rings. The molecule has 0 aromatic carbocycles. The molecule has 14 heavy (non-hydrogen) atoms. The lowest BCUT2D eigenvalue weighted by molar-refractivity contribution is -0.910. The van der Waals surface area contributed by atoms with E-state index in [0.717, 1.165) is 32.8 Å². The normalized spacial score (nSPS) is 19.6. The number of hydrogen-bond acceptors (Lipinski definition) is 3. The van der Waals surface area contributed by atoms with E-state index in [9.17, 15) is 4.79 Å². The molecule has 84 valence electrons. The first-order chi connectivity index (χ1) is 6.24. The molecule has 1 rings (SSSR count). The number of carbonyl (C=O) groups is 1. The van der Waals surface area contributed by atoms with Gasteiger partial charge in [0.15, 0.2) is 0 Å². The fraction of sp³-hybridized carbons (Fsp3) is 0.889. The van der Waals surface area contributed by atoms with Gasteiger partial charge >= 0.3 is 5.97 Å². The minimum Gasteiger partial charge on any atom is -1.00 e. The van der Waals surface area contributed by atoms with Gasteiger partial charge in [-0.25, -0.2) is 0 Å². The van der Waals surface area contributed by atoms with E-state index >= 15 is 0 Å². The minimum atomic E-state index is -0.112. The van der Waals surface area contributed by atoms with E-state index in [1.54, 1.807) is 0 Å². The summed E-state index contributed by atoms with van der Waals surface area (Å²) in [7, 11) is 1.44. The van der Waals surface area contributed by atoms with Gasteiger partial charge in [-0.15, -0.1) is 0 Å². The molecule has 0 bridgehead atoms. The van der Waals surface area contributed by atoms with Crippen LogP contribution in [0.4, 0.5) is 0 Å². The zero-order valence-corrected chi connectivity index (χ0v) is 9.47. The van der Waals surface area contributed by atoms with Gasteiger partial charge in [-0.2, -0.15) is 0 Å². The van der Waals surface area contributed by atoms with E-state index in [1.165, 1.54) is 12.0 Å². The molecule has 1 atom stereocenters. The second-order valence-corrected chi connectivity index (χ2v) is 3.49. The number of methoxy groups -OCH3 is 1. The summed E-state index contributed by atoms with van der Waals surface area (Å²) in [5, 5.41) is 0. The zero-order valence-electron chi connectivity index (χ0n) is 8.72. The monoisotopic (exact) mass is 223 g/mol. The molecule has 0 spiro atoms. The summed E-state index contributed by atoms with van der Waals surface area (Å²) in [5.74, 6) is -0.114. The third-order valence-electron chi connectivity index (χ3n) is 2.40. The summed E-state index contributed by atoms with van der Waals surface area (Å²) < 4.78 is 9.90. The fourth-order valence-electron chi connectivity index (χ4n) is 1.58. The molecular formula is C9H18ClNO3. The molecule has 1 saturated heterocycles. The van der Waals surface area contributed by atoms with Crippen LogP contribution in [0.25, 0.3) is 0 Å². The number of rotatable bonds is 3. The Bertz CT molecular complexity index is 171.